The number of hydrogen-bond donors (Lipinski definition) is 0. The molecule has 0 fully saturated rings. The Morgan fingerprint density at radius 1 is 1.00 bits per heavy atom. The molecule has 20 heavy (non-hydrogen) atoms. The lowest BCUT2D eigenvalue weighted by molar-refractivity contribution is 0.611. The largest absolute Gasteiger partial charge is 0.207 e. The van der Waals surface area contributed by atoms with Crippen LogP contribution in [0.5, 0.6) is 0 Å². The highest BCUT2D eigenvalue weighted by Gasteiger charge is 2.18. The van der Waals surface area contributed by atoms with Gasteiger partial charge >= 0.3 is 0 Å². The number of benzene rings is 2. The summed E-state index contributed by atoms with van der Waals surface area (Å²) in [6.07, 6.45) is 1.85. The maximum absolute atomic E-state index is 14.1. The molecule has 0 saturated carbocycles. The first-order chi connectivity index (χ1) is 9.56. The molecule has 1 unspecified atom stereocenters. The molecule has 0 radical (unpaired) electrons. The van der Waals surface area contributed by atoms with Crippen molar-refractivity contribution in [3.05, 3.63) is 70.0 Å². The Kier molecular flexibility index (Phi) is 4.82. The average Bonchev–Trinajstić information content (AvgIpc) is 2.46. The molecule has 2 aromatic rings. The van der Waals surface area contributed by atoms with Crippen molar-refractivity contribution in [3.8, 4) is 0 Å². The molecule has 0 bridgehead atoms. The predicted molar refractivity (Wildman–Crippen MR) is 84.0 cm³/mol. The molecule has 106 valence electrons. The van der Waals surface area contributed by atoms with Crippen molar-refractivity contribution in [1.29, 1.82) is 0 Å². The Labute approximate surface area is 125 Å². The minimum Gasteiger partial charge on any atom is -0.207 e. The van der Waals surface area contributed by atoms with Gasteiger partial charge in [-0.15, -0.1) is 11.6 Å². The standard InChI is InChI=1S/C18H20ClF/c1-4-13-7-8-14(5-2)16(11-13)18(19)15-9-6-12(3)10-17(15)20/h6-11,18H,4-5H2,1-3H3. The van der Waals surface area contributed by atoms with E-state index in [0.717, 1.165) is 24.0 Å². The summed E-state index contributed by atoms with van der Waals surface area (Å²) in [6.45, 7) is 6.09. The molecule has 0 nitrogen and oxygen atoms in total. The van der Waals surface area contributed by atoms with Crippen molar-refractivity contribution in [2.45, 2.75) is 39.0 Å². The smallest absolute Gasteiger partial charge is 0.128 e. The van der Waals surface area contributed by atoms with E-state index in [1.54, 1.807) is 12.1 Å². The van der Waals surface area contributed by atoms with Gasteiger partial charge in [-0.25, -0.2) is 4.39 Å². The molecule has 0 spiro atoms. The lowest BCUT2D eigenvalue weighted by Crippen LogP contribution is -2.02. The van der Waals surface area contributed by atoms with Crippen molar-refractivity contribution >= 4 is 11.6 Å². The molecule has 2 rings (SSSR count). The Balaban J connectivity index is 2.48. The summed E-state index contributed by atoms with van der Waals surface area (Å²) in [5.41, 5.74) is 4.90. The predicted octanol–water partition coefficient (Wildman–Crippen LogP) is 5.59. The maximum atomic E-state index is 14.1. The first kappa shape index (κ1) is 15.1. The van der Waals surface area contributed by atoms with Crippen LogP contribution in [0.1, 0.15) is 47.0 Å². The SMILES string of the molecule is CCc1ccc(CC)c(C(Cl)c2ccc(C)cc2F)c1. The number of alkyl halides is 1. The summed E-state index contributed by atoms with van der Waals surface area (Å²) in [5, 5.41) is -0.433. The number of rotatable bonds is 4. The van der Waals surface area contributed by atoms with Crippen LogP contribution in [0.15, 0.2) is 36.4 Å². The van der Waals surface area contributed by atoms with Crippen LogP contribution in [0.2, 0.25) is 0 Å². The fraction of sp³-hybridized carbons (Fsp3) is 0.333. The summed E-state index contributed by atoms with van der Waals surface area (Å²) in [6, 6.07) is 11.6. The summed E-state index contributed by atoms with van der Waals surface area (Å²) in [7, 11) is 0. The van der Waals surface area contributed by atoms with Crippen LogP contribution < -0.4 is 0 Å². The van der Waals surface area contributed by atoms with E-state index in [1.807, 2.05) is 13.0 Å². The Bertz CT molecular complexity index is 604. The third kappa shape index (κ3) is 3.04. The van der Waals surface area contributed by atoms with Crippen molar-refractivity contribution in [2.24, 2.45) is 0 Å². The molecule has 0 heterocycles. The summed E-state index contributed by atoms with van der Waals surface area (Å²) in [4.78, 5) is 0. The second kappa shape index (κ2) is 6.41. The zero-order valence-corrected chi connectivity index (χ0v) is 13.0. The molecular weight excluding hydrogens is 271 g/mol. The number of aryl methyl sites for hydroxylation is 3. The third-order valence-corrected chi connectivity index (χ3v) is 4.17. The fourth-order valence-corrected chi connectivity index (χ4v) is 2.81. The zero-order valence-electron chi connectivity index (χ0n) is 12.2. The topological polar surface area (TPSA) is 0 Å². The van der Waals surface area contributed by atoms with Crippen LogP contribution in [0.4, 0.5) is 4.39 Å². The lowest BCUT2D eigenvalue weighted by atomic mass is 9.94. The van der Waals surface area contributed by atoms with E-state index >= 15 is 0 Å². The van der Waals surface area contributed by atoms with E-state index in [-0.39, 0.29) is 5.82 Å². The van der Waals surface area contributed by atoms with Crippen LogP contribution in [-0.2, 0) is 12.8 Å². The molecule has 0 aliphatic rings. The van der Waals surface area contributed by atoms with Gasteiger partial charge in [0, 0.05) is 5.56 Å². The minimum absolute atomic E-state index is 0.228. The van der Waals surface area contributed by atoms with E-state index < -0.39 is 5.38 Å². The molecule has 0 aliphatic carbocycles. The molecule has 1 atom stereocenters. The van der Waals surface area contributed by atoms with Crippen molar-refractivity contribution < 1.29 is 4.39 Å². The van der Waals surface area contributed by atoms with Crippen LogP contribution in [-0.4, -0.2) is 0 Å². The van der Waals surface area contributed by atoms with E-state index in [1.165, 1.54) is 11.1 Å². The van der Waals surface area contributed by atoms with Gasteiger partial charge in [-0.2, -0.15) is 0 Å². The Hall–Kier alpha value is -1.34. The van der Waals surface area contributed by atoms with Gasteiger partial charge in [0.15, 0.2) is 0 Å². The van der Waals surface area contributed by atoms with Gasteiger partial charge in [0.05, 0.1) is 5.38 Å². The van der Waals surface area contributed by atoms with Crippen LogP contribution >= 0.6 is 11.6 Å². The maximum Gasteiger partial charge on any atom is 0.128 e. The molecule has 2 heteroatoms. The lowest BCUT2D eigenvalue weighted by Gasteiger charge is -2.17. The quantitative estimate of drug-likeness (QED) is 0.644. The number of hydrogen-bond acceptors (Lipinski definition) is 0. The highest BCUT2D eigenvalue weighted by molar-refractivity contribution is 6.22. The van der Waals surface area contributed by atoms with Crippen LogP contribution in [0, 0.1) is 12.7 Å². The minimum atomic E-state index is -0.433. The molecule has 2 aromatic carbocycles. The van der Waals surface area contributed by atoms with Crippen LogP contribution in [0.3, 0.4) is 0 Å². The molecule has 0 amide bonds. The van der Waals surface area contributed by atoms with Crippen LogP contribution in [0.25, 0.3) is 0 Å². The van der Waals surface area contributed by atoms with E-state index in [0.29, 0.717) is 5.56 Å². The van der Waals surface area contributed by atoms with Gasteiger partial charge in [0.2, 0.25) is 0 Å². The second-order valence-corrected chi connectivity index (χ2v) is 5.56. The van der Waals surface area contributed by atoms with Gasteiger partial charge in [0.25, 0.3) is 0 Å². The van der Waals surface area contributed by atoms with Gasteiger partial charge in [-0.1, -0.05) is 44.2 Å². The summed E-state index contributed by atoms with van der Waals surface area (Å²) < 4.78 is 14.1. The highest BCUT2D eigenvalue weighted by atomic mass is 35.5. The second-order valence-electron chi connectivity index (χ2n) is 5.13. The van der Waals surface area contributed by atoms with Gasteiger partial charge in [0.1, 0.15) is 5.82 Å². The van der Waals surface area contributed by atoms with Gasteiger partial charge in [-0.05, 0) is 48.1 Å². The normalized spacial score (nSPS) is 12.4. The zero-order chi connectivity index (χ0) is 14.7. The molecule has 0 aromatic heterocycles. The van der Waals surface area contributed by atoms with Gasteiger partial charge < -0.3 is 0 Å². The van der Waals surface area contributed by atoms with Crippen molar-refractivity contribution in [2.75, 3.05) is 0 Å². The van der Waals surface area contributed by atoms with Crippen molar-refractivity contribution in [1.82, 2.24) is 0 Å². The first-order valence-electron chi connectivity index (χ1n) is 7.08. The van der Waals surface area contributed by atoms with Gasteiger partial charge in [-0.3, -0.25) is 0 Å². The monoisotopic (exact) mass is 290 g/mol. The highest BCUT2D eigenvalue weighted by Crippen LogP contribution is 2.34. The Morgan fingerprint density at radius 3 is 2.35 bits per heavy atom. The first-order valence-corrected chi connectivity index (χ1v) is 7.52. The third-order valence-electron chi connectivity index (χ3n) is 3.70. The van der Waals surface area contributed by atoms with E-state index in [2.05, 4.69) is 32.0 Å². The summed E-state index contributed by atoms with van der Waals surface area (Å²) in [5.74, 6) is -0.228. The molecule has 0 saturated heterocycles. The average molecular weight is 291 g/mol. The van der Waals surface area contributed by atoms with Crippen molar-refractivity contribution in [3.63, 3.8) is 0 Å². The summed E-state index contributed by atoms with van der Waals surface area (Å²) >= 11 is 6.56. The van der Waals surface area contributed by atoms with E-state index in [4.69, 9.17) is 11.6 Å². The molecule has 0 N–H and O–H groups in total. The molecule has 0 aliphatic heterocycles. The van der Waals surface area contributed by atoms with E-state index in [9.17, 15) is 4.39 Å². The molecular formula is C18H20ClF. The number of halogens is 2. The Morgan fingerprint density at radius 2 is 1.75 bits per heavy atom. The fourth-order valence-electron chi connectivity index (χ4n) is 2.43.